The number of nitrogens with zero attached hydrogens (tertiary/aromatic N) is 4. The van der Waals surface area contributed by atoms with Crippen LogP contribution in [0.3, 0.4) is 0 Å². The van der Waals surface area contributed by atoms with E-state index in [2.05, 4.69) is 31.2 Å². The molecule has 3 aliphatic rings. The van der Waals surface area contributed by atoms with E-state index in [1.165, 1.54) is 67.4 Å². The molecule has 2 fully saturated rings. The van der Waals surface area contributed by atoms with Crippen LogP contribution in [0.4, 0.5) is 19.3 Å². The Morgan fingerprint density at radius 2 is 1.70 bits per heavy atom. The minimum Gasteiger partial charge on any atom is -0.494 e. The number of nitrogens with one attached hydrogen (secondary N) is 5. The van der Waals surface area contributed by atoms with E-state index in [0.717, 1.165) is 11.0 Å². The van der Waals surface area contributed by atoms with Crippen molar-refractivity contribution in [1.82, 2.24) is 40.0 Å². The van der Waals surface area contributed by atoms with Crippen LogP contribution >= 0.6 is 0 Å². The molecule has 9 rings (SSSR count). The summed E-state index contributed by atoms with van der Waals surface area (Å²) in [5.74, 6) is -5.91. The monoisotopic (exact) mass is 947 g/mol. The fraction of sp³-hybridized carbons (Fsp3) is 0.298. The van der Waals surface area contributed by atoms with Crippen LogP contribution in [0.5, 0.6) is 5.75 Å². The van der Waals surface area contributed by atoms with Crippen molar-refractivity contribution in [1.29, 1.82) is 0 Å². The van der Waals surface area contributed by atoms with Gasteiger partial charge in [0.2, 0.25) is 17.7 Å². The Bertz CT molecular complexity index is 3230. The number of aryl methyl sites for hydroxylation is 1. The molecule has 3 aromatic carbocycles. The number of hydrogen-bond donors (Lipinski definition) is 5. The lowest BCUT2D eigenvalue weighted by molar-refractivity contribution is -0.136. The number of hydrogen-bond acceptors (Lipinski definition) is 12. The second kappa shape index (κ2) is 18.4. The number of ether oxygens (including phenoxy) is 3. The number of H-pyrrole nitrogens is 1. The molecule has 0 radical (unpaired) electrons. The van der Waals surface area contributed by atoms with E-state index < -0.39 is 65.8 Å². The number of carbonyl (C=O) groups excluding carboxylic acids is 7. The molecule has 1 aliphatic carbocycles. The zero-order valence-corrected chi connectivity index (χ0v) is 37.2. The van der Waals surface area contributed by atoms with Gasteiger partial charge in [-0.1, -0.05) is 18.2 Å². The number of aromatic amines is 1. The van der Waals surface area contributed by atoms with E-state index in [4.69, 9.17) is 14.2 Å². The van der Waals surface area contributed by atoms with Gasteiger partial charge in [0.25, 0.3) is 17.7 Å². The van der Waals surface area contributed by atoms with E-state index >= 15 is 8.78 Å². The highest BCUT2D eigenvalue weighted by Crippen LogP contribution is 2.44. The lowest BCUT2D eigenvalue weighted by atomic mass is 9.97. The van der Waals surface area contributed by atoms with E-state index in [1.807, 2.05) is 0 Å². The summed E-state index contributed by atoms with van der Waals surface area (Å²) in [6.45, 7) is -0.850. The number of benzene rings is 3. The number of aromatic nitrogens is 4. The molecule has 3 aromatic heterocycles. The van der Waals surface area contributed by atoms with Gasteiger partial charge in [-0.25, -0.2) is 23.4 Å². The van der Waals surface area contributed by atoms with Crippen LogP contribution in [0.25, 0.3) is 44.5 Å². The fourth-order valence-electron chi connectivity index (χ4n) is 9.35. The zero-order chi connectivity index (χ0) is 48.8. The van der Waals surface area contributed by atoms with Gasteiger partial charge in [-0.3, -0.25) is 48.1 Å². The molecule has 0 bridgehead atoms. The minimum atomic E-state index is -1.19. The molecule has 69 heavy (non-hydrogen) atoms. The standard InChI is InChI=1S/C47H43F2N9O11/c1-56-32-20-51-41-38(40(32)57(47(56)66)25-10-9-24(19-25)52-46(65)68-3)36(22-8-13-33(67-2)29(49)17-22)39(55-41)23-7-11-26(28(48)18-23)42(61)50-15-16-69-21-35(60)53-30-6-4-5-27-37(30)45(64)58(44(27)63)31-12-14-34(59)54-43(31)62/h4-8,11,13,17-18,20,24-25,31H,9-10,12,14-16,19,21H2,1-3H3,(H,50,61)(H,51,55)(H,52,65)(H,53,60)(H,54,59,62)/t24-,25-,31?/m1/s1. The second-order valence-electron chi connectivity index (χ2n) is 16.7. The van der Waals surface area contributed by atoms with Crippen molar-refractivity contribution < 1.29 is 56.6 Å². The maximum atomic E-state index is 16.0. The average molecular weight is 948 g/mol. The highest BCUT2D eigenvalue weighted by atomic mass is 19.1. The molecule has 3 atom stereocenters. The summed E-state index contributed by atoms with van der Waals surface area (Å²) >= 11 is 0. The van der Waals surface area contributed by atoms with Gasteiger partial charge in [-0.2, -0.15) is 0 Å². The molecule has 6 aromatic rings. The smallest absolute Gasteiger partial charge is 0.407 e. The first-order chi connectivity index (χ1) is 33.2. The van der Waals surface area contributed by atoms with Gasteiger partial charge in [0, 0.05) is 43.2 Å². The third-order valence-electron chi connectivity index (χ3n) is 12.6. The van der Waals surface area contributed by atoms with Gasteiger partial charge in [0.1, 0.15) is 24.1 Å². The molecule has 22 heteroatoms. The lowest BCUT2D eigenvalue weighted by Gasteiger charge is -2.27. The number of fused-ring (bicyclic) bond motifs is 4. The zero-order valence-electron chi connectivity index (χ0n) is 37.2. The summed E-state index contributed by atoms with van der Waals surface area (Å²) < 4.78 is 50.0. The maximum Gasteiger partial charge on any atom is 0.407 e. The topological polar surface area (TPSA) is 254 Å². The number of imidazole rings is 1. The molecular formula is C47H43F2N9O11. The van der Waals surface area contributed by atoms with Crippen molar-refractivity contribution in [3.05, 3.63) is 99.6 Å². The number of alkyl carbamates (subject to hydrolysis) is 1. The molecule has 2 aliphatic heterocycles. The Balaban J connectivity index is 0.909. The van der Waals surface area contributed by atoms with E-state index in [0.29, 0.717) is 58.2 Å². The number of methoxy groups -OCH3 is 2. The molecule has 356 valence electrons. The third kappa shape index (κ3) is 8.31. The van der Waals surface area contributed by atoms with Gasteiger partial charge < -0.3 is 35.1 Å². The van der Waals surface area contributed by atoms with Crippen LogP contribution < -0.4 is 31.7 Å². The largest absolute Gasteiger partial charge is 0.494 e. The molecule has 1 saturated carbocycles. The molecule has 1 unspecified atom stereocenters. The first-order valence-electron chi connectivity index (χ1n) is 21.8. The highest BCUT2D eigenvalue weighted by molar-refractivity contribution is 6.26. The summed E-state index contributed by atoms with van der Waals surface area (Å²) in [7, 11) is 4.22. The van der Waals surface area contributed by atoms with Crippen molar-refractivity contribution in [2.24, 2.45) is 7.05 Å². The summed E-state index contributed by atoms with van der Waals surface area (Å²) in [5, 5.41) is 10.5. The van der Waals surface area contributed by atoms with Crippen LogP contribution in [0.2, 0.25) is 0 Å². The Hall–Kier alpha value is -8.27. The van der Waals surface area contributed by atoms with Crippen molar-refractivity contribution in [2.75, 3.05) is 39.3 Å². The van der Waals surface area contributed by atoms with E-state index in [9.17, 15) is 38.4 Å². The summed E-state index contributed by atoms with van der Waals surface area (Å²) in [6, 6.07) is 10.7. The quantitative estimate of drug-likeness (QED) is 0.0812. The molecule has 20 nitrogen and oxygen atoms in total. The number of pyridine rings is 1. The first kappa shape index (κ1) is 45.9. The second-order valence-corrected chi connectivity index (χ2v) is 16.7. The average Bonchev–Trinajstić information content (AvgIpc) is 4.08. The minimum absolute atomic E-state index is 0.00987. The number of anilines is 1. The summed E-state index contributed by atoms with van der Waals surface area (Å²) in [5.41, 5.74) is 1.84. The highest BCUT2D eigenvalue weighted by Gasteiger charge is 2.46. The van der Waals surface area contributed by atoms with Gasteiger partial charge >= 0.3 is 11.8 Å². The summed E-state index contributed by atoms with van der Waals surface area (Å²) in [4.78, 5) is 111. The van der Waals surface area contributed by atoms with Crippen LogP contribution in [-0.4, -0.2) is 112 Å². The Labute approximate surface area is 389 Å². The Morgan fingerprint density at radius 3 is 2.43 bits per heavy atom. The Kier molecular flexibility index (Phi) is 12.3. The van der Waals surface area contributed by atoms with Crippen LogP contribution in [0.15, 0.2) is 65.6 Å². The first-order valence-corrected chi connectivity index (χ1v) is 21.8. The number of imide groups is 2. The number of rotatable bonds is 13. The predicted octanol–water partition coefficient (Wildman–Crippen LogP) is 4.07. The maximum absolute atomic E-state index is 16.0. The van der Waals surface area contributed by atoms with Crippen molar-refractivity contribution in [3.8, 4) is 28.1 Å². The van der Waals surface area contributed by atoms with Crippen molar-refractivity contribution >= 4 is 69.3 Å². The Morgan fingerprint density at radius 1 is 0.913 bits per heavy atom. The van der Waals surface area contributed by atoms with Gasteiger partial charge in [-0.05, 0) is 67.6 Å². The SMILES string of the molecule is COC(=O)N[C@@H]1CC[C@@H](n2c(=O)n(C)c3cnc4[nH]c(-c5ccc(C(=O)NCCOCC(=O)Nc6cccc7c6C(=O)N(C6CCC(=O)NC6=O)C7=O)c(F)c5)c(-c5ccc(OC)c(F)c5)c4c32)C1. The van der Waals surface area contributed by atoms with Crippen LogP contribution in [-0.2, 0) is 30.9 Å². The molecular weight excluding hydrogens is 905 g/mol. The van der Waals surface area contributed by atoms with Gasteiger partial charge in [-0.15, -0.1) is 0 Å². The number of piperidine rings is 1. The molecule has 0 spiro atoms. The summed E-state index contributed by atoms with van der Waals surface area (Å²) in [6.07, 6.45) is 2.42. The third-order valence-corrected chi connectivity index (χ3v) is 12.6. The molecule has 5 N–H and O–H groups in total. The molecule has 7 amide bonds. The fourth-order valence-corrected chi connectivity index (χ4v) is 9.35. The number of amides is 7. The normalized spacial score (nSPS) is 17.9. The van der Waals surface area contributed by atoms with Crippen molar-refractivity contribution in [3.63, 3.8) is 0 Å². The number of carbonyl (C=O) groups is 7. The lowest BCUT2D eigenvalue weighted by Crippen LogP contribution is -2.54. The van der Waals surface area contributed by atoms with E-state index in [-0.39, 0.29) is 77.5 Å². The number of halogens is 2. The van der Waals surface area contributed by atoms with Gasteiger partial charge in [0.15, 0.2) is 11.6 Å². The van der Waals surface area contributed by atoms with Gasteiger partial charge in [0.05, 0.1) is 71.5 Å². The predicted molar refractivity (Wildman–Crippen MR) is 241 cm³/mol. The van der Waals surface area contributed by atoms with Crippen molar-refractivity contribution in [2.45, 2.75) is 50.2 Å². The van der Waals surface area contributed by atoms with Crippen LogP contribution in [0, 0.1) is 11.6 Å². The molecule has 5 heterocycles. The molecule has 1 saturated heterocycles. The van der Waals surface area contributed by atoms with E-state index in [1.54, 1.807) is 17.7 Å². The van der Waals surface area contributed by atoms with Crippen LogP contribution in [0.1, 0.15) is 69.2 Å².